The maximum atomic E-state index is 8.46. The van der Waals surface area contributed by atoms with E-state index in [1.165, 1.54) is 0 Å². The minimum Gasteiger partial charge on any atom is -0.493 e. The van der Waals surface area contributed by atoms with Crippen molar-refractivity contribution in [2.45, 2.75) is 12.8 Å². The van der Waals surface area contributed by atoms with Gasteiger partial charge in [-0.1, -0.05) is 15.9 Å². The first-order valence-corrected chi connectivity index (χ1v) is 6.71. The third-order valence-electron chi connectivity index (χ3n) is 2.04. The van der Waals surface area contributed by atoms with Crippen LogP contribution in [0.5, 0.6) is 5.75 Å². The van der Waals surface area contributed by atoms with Crippen molar-refractivity contribution in [1.29, 1.82) is 5.26 Å². The molecule has 7 heteroatoms. The van der Waals surface area contributed by atoms with Crippen molar-refractivity contribution in [3.8, 4) is 11.8 Å². The van der Waals surface area contributed by atoms with Crippen LogP contribution in [0.4, 0.5) is 0 Å². The molecule has 5 nitrogen and oxygen atoms in total. The summed E-state index contributed by atoms with van der Waals surface area (Å²) in [6, 6.07) is 7.64. The molecule has 100 valence electrons. The van der Waals surface area contributed by atoms with Crippen LogP contribution in [0.1, 0.15) is 18.4 Å². The second kappa shape index (κ2) is 8.45. The van der Waals surface area contributed by atoms with Gasteiger partial charge in [0.1, 0.15) is 5.75 Å². The second-order valence-corrected chi connectivity index (χ2v) is 4.88. The SMILES string of the molecule is N#CCCCOc1ccc(Br)cc1C=NNC(N)=S. The molecule has 0 aliphatic carbocycles. The van der Waals surface area contributed by atoms with Crippen molar-refractivity contribution in [2.24, 2.45) is 10.8 Å². The Morgan fingerprint density at radius 1 is 1.63 bits per heavy atom. The number of nitrogens with two attached hydrogens (primary N) is 1. The van der Waals surface area contributed by atoms with Crippen LogP contribution in [0, 0.1) is 11.3 Å². The van der Waals surface area contributed by atoms with Gasteiger partial charge in [-0.05, 0) is 36.8 Å². The lowest BCUT2D eigenvalue weighted by atomic mass is 10.2. The van der Waals surface area contributed by atoms with Crippen LogP contribution in [-0.2, 0) is 0 Å². The van der Waals surface area contributed by atoms with Crippen LogP contribution in [0.25, 0.3) is 0 Å². The number of nitriles is 1. The van der Waals surface area contributed by atoms with Crippen LogP contribution in [0.3, 0.4) is 0 Å². The molecule has 0 aliphatic heterocycles. The van der Waals surface area contributed by atoms with E-state index in [4.69, 9.17) is 15.7 Å². The van der Waals surface area contributed by atoms with E-state index >= 15 is 0 Å². The van der Waals surface area contributed by atoms with Crippen molar-refractivity contribution in [1.82, 2.24) is 5.43 Å². The average Bonchev–Trinajstić information content (AvgIpc) is 2.36. The van der Waals surface area contributed by atoms with E-state index in [0.29, 0.717) is 25.2 Å². The second-order valence-electron chi connectivity index (χ2n) is 3.53. The number of hydrogen-bond acceptors (Lipinski definition) is 4. The van der Waals surface area contributed by atoms with E-state index in [9.17, 15) is 0 Å². The zero-order valence-electron chi connectivity index (χ0n) is 10.1. The van der Waals surface area contributed by atoms with Gasteiger partial charge in [0.05, 0.1) is 18.9 Å². The summed E-state index contributed by atoms with van der Waals surface area (Å²) in [7, 11) is 0. The molecule has 19 heavy (non-hydrogen) atoms. The van der Waals surface area contributed by atoms with E-state index in [2.05, 4.69) is 44.7 Å². The van der Waals surface area contributed by atoms with Crippen LogP contribution >= 0.6 is 28.1 Å². The number of rotatable bonds is 6. The Bertz CT molecular complexity index is 513. The molecule has 0 atom stereocenters. The molecule has 0 aromatic heterocycles. The van der Waals surface area contributed by atoms with Gasteiger partial charge in [0.2, 0.25) is 0 Å². The number of ether oxygens (including phenoxy) is 1. The van der Waals surface area contributed by atoms with Gasteiger partial charge >= 0.3 is 0 Å². The molecule has 0 radical (unpaired) electrons. The molecule has 1 aromatic rings. The zero-order chi connectivity index (χ0) is 14.1. The minimum absolute atomic E-state index is 0.0998. The molecule has 0 heterocycles. The highest BCUT2D eigenvalue weighted by molar-refractivity contribution is 9.10. The lowest BCUT2D eigenvalue weighted by Gasteiger charge is -2.08. The molecule has 1 rings (SSSR count). The van der Waals surface area contributed by atoms with Crippen molar-refractivity contribution in [3.63, 3.8) is 0 Å². The standard InChI is InChI=1S/C12H13BrN4OS/c13-10-3-4-11(18-6-2-1-5-14)9(7-10)8-16-17-12(15)19/h3-4,7-8H,1-2,6H2,(H3,15,17,19). The number of hydrogen-bond donors (Lipinski definition) is 2. The first kappa shape index (κ1) is 15.4. The van der Waals surface area contributed by atoms with Gasteiger partial charge in [0.15, 0.2) is 5.11 Å². The molecule has 0 aliphatic rings. The van der Waals surface area contributed by atoms with Crippen molar-refractivity contribution >= 4 is 39.5 Å². The summed E-state index contributed by atoms with van der Waals surface area (Å²) in [6.07, 6.45) is 2.74. The molecule has 0 fully saturated rings. The minimum atomic E-state index is 0.0998. The van der Waals surface area contributed by atoms with E-state index in [-0.39, 0.29) is 5.11 Å². The summed E-state index contributed by atoms with van der Waals surface area (Å²) in [5, 5.41) is 12.5. The molecular weight excluding hydrogens is 328 g/mol. The quantitative estimate of drug-likeness (QED) is 0.359. The Kier molecular flexibility index (Phi) is 6.85. The molecule has 1 aromatic carbocycles. The van der Waals surface area contributed by atoms with E-state index < -0.39 is 0 Å². The maximum Gasteiger partial charge on any atom is 0.184 e. The normalized spacial score (nSPS) is 10.1. The lowest BCUT2D eigenvalue weighted by molar-refractivity contribution is 0.312. The summed E-state index contributed by atoms with van der Waals surface area (Å²) in [5.74, 6) is 0.689. The smallest absolute Gasteiger partial charge is 0.184 e. The fourth-order valence-electron chi connectivity index (χ4n) is 1.25. The summed E-state index contributed by atoms with van der Waals surface area (Å²) >= 11 is 8.03. The van der Waals surface area contributed by atoms with Gasteiger partial charge < -0.3 is 10.5 Å². The number of nitrogens with one attached hydrogen (secondary N) is 1. The van der Waals surface area contributed by atoms with Crippen molar-refractivity contribution < 1.29 is 4.74 Å². The monoisotopic (exact) mass is 340 g/mol. The first-order valence-electron chi connectivity index (χ1n) is 5.51. The highest BCUT2D eigenvalue weighted by Crippen LogP contribution is 2.22. The predicted octanol–water partition coefficient (Wildman–Crippen LogP) is 2.30. The summed E-state index contributed by atoms with van der Waals surface area (Å²) in [4.78, 5) is 0. The Morgan fingerprint density at radius 2 is 2.42 bits per heavy atom. The number of nitrogens with zero attached hydrogens (tertiary/aromatic N) is 2. The Balaban J connectivity index is 2.71. The summed E-state index contributed by atoms with van der Waals surface area (Å²) in [6.45, 7) is 0.485. The molecule has 3 N–H and O–H groups in total. The molecule has 0 saturated carbocycles. The number of thiocarbonyl (C=S) groups is 1. The number of unbranched alkanes of at least 4 members (excludes halogenated alkanes) is 1. The zero-order valence-corrected chi connectivity index (χ0v) is 12.5. The van der Waals surface area contributed by atoms with Crippen molar-refractivity contribution in [3.05, 3.63) is 28.2 Å². The van der Waals surface area contributed by atoms with Gasteiger partial charge in [0.25, 0.3) is 0 Å². The first-order chi connectivity index (χ1) is 9.13. The van der Waals surface area contributed by atoms with E-state index in [1.807, 2.05) is 18.2 Å². The molecule has 0 amide bonds. The summed E-state index contributed by atoms with van der Waals surface area (Å²) < 4.78 is 6.51. The number of hydrazone groups is 1. The molecule has 0 saturated heterocycles. The number of halogens is 1. The van der Waals surface area contributed by atoms with Crippen molar-refractivity contribution in [2.75, 3.05) is 6.61 Å². The topological polar surface area (TPSA) is 83.4 Å². The van der Waals surface area contributed by atoms with Crippen LogP contribution in [-0.4, -0.2) is 17.9 Å². The maximum absolute atomic E-state index is 8.46. The largest absolute Gasteiger partial charge is 0.493 e. The van der Waals surface area contributed by atoms with Gasteiger partial charge in [-0.25, -0.2) is 0 Å². The van der Waals surface area contributed by atoms with Gasteiger partial charge in [-0.15, -0.1) is 0 Å². The Morgan fingerprint density at radius 3 is 3.11 bits per heavy atom. The van der Waals surface area contributed by atoms with Gasteiger partial charge in [-0.3, -0.25) is 5.43 Å². The molecular formula is C12H13BrN4OS. The Labute approximate surface area is 125 Å². The Hall–Kier alpha value is -1.65. The molecule has 0 spiro atoms. The molecule has 0 unspecified atom stereocenters. The summed E-state index contributed by atoms with van der Waals surface area (Å²) in [5.41, 5.74) is 8.54. The van der Waals surface area contributed by atoms with Gasteiger partial charge in [-0.2, -0.15) is 10.4 Å². The molecule has 0 bridgehead atoms. The van der Waals surface area contributed by atoms with Gasteiger partial charge in [0, 0.05) is 16.5 Å². The highest BCUT2D eigenvalue weighted by Gasteiger charge is 2.02. The van der Waals surface area contributed by atoms with E-state index in [1.54, 1.807) is 6.21 Å². The fourth-order valence-corrected chi connectivity index (χ4v) is 1.68. The lowest BCUT2D eigenvalue weighted by Crippen LogP contribution is -2.24. The predicted molar refractivity (Wildman–Crippen MR) is 82.0 cm³/mol. The van der Waals surface area contributed by atoms with E-state index in [0.717, 1.165) is 10.0 Å². The average molecular weight is 341 g/mol. The third-order valence-corrected chi connectivity index (χ3v) is 2.63. The van der Waals surface area contributed by atoms with Crippen LogP contribution in [0.2, 0.25) is 0 Å². The fraction of sp³-hybridized carbons (Fsp3) is 0.250. The number of benzene rings is 1. The third kappa shape index (κ3) is 6.18. The van der Waals surface area contributed by atoms with Crippen LogP contribution < -0.4 is 15.9 Å². The highest BCUT2D eigenvalue weighted by atomic mass is 79.9. The van der Waals surface area contributed by atoms with Crippen LogP contribution in [0.15, 0.2) is 27.8 Å².